The fourth-order valence-electron chi connectivity index (χ4n) is 2.65. The molecule has 0 aliphatic rings. The lowest BCUT2D eigenvalue weighted by Gasteiger charge is -2.25. The van der Waals surface area contributed by atoms with Crippen molar-refractivity contribution in [1.82, 2.24) is 24.9 Å². The van der Waals surface area contributed by atoms with Crippen molar-refractivity contribution in [3.05, 3.63) is 35.8 Å². The Morgan fingerprint density at radius 2 is 2.04 bits per heavy atom. The van der Waals surface area contributed by atoms with Crippen molar-refractivity contribution < 1.29 is 4.79 Å². The summed E-state index contributed by atoms with van der Waals surface area (Å²) in [5, 5.41) is 6.19. The van der Waals surface area contributed by atoms with Gasteiger partial charge in [0.25, 0.3) is 0 Å². The zero-order valence-electron chi connectivity index (χ0n) is 17.0. The Morgan fingerprint density at radius 3 is 2.63 bits per heavy atom. The molecule has 0 aliphatic heterocycles. The van der Waals surface area contributed by atoms with Crippen LogP contribution in [0.15, 0.2) is 29.4 Å². The van der Waals surface area contributed by atoms with Crippen molar-refractivity contribution in [2.45, 2.75) is 46.7 Å². The number of carbonyl (C=O) groups is 1. The molecule has 0 spiro atoms. The number of carbonyl (C=O) groups excluding carboxylic acids is 1. The van der Waals surface area contributed by atoms with Crippen LogP contribution < -0.4 is 10.6 Å². The SMILES string of the molecule is CCNC(=NCc1cn2c(C)cccc2n1)N(C)CC(=O)NC(C)(C)C.I. The van der Waals surface area contributed by atoms with Crippen LogP contribution in [-0.4, -0.2) is 51.8 Å². The number of guanidine groups is 1. The van der Waals surface area contributed by atoms with E-state index in [2.05, 4.69) is 25.0 Å². The molecule has 0 unspecified atom stereocenters. The molecule has 0 saturated carbocycles. The number of pyridine rings is 1. The van der Waals surface area contributed by atoms with Crippen molar-refractivity contribution in [3.8, 4) is 0 Å². The second kappa shape index (κ2) is 9.91. The molecule has 2 rings (SSSR count). The Bertz CT molecular complexity index is 793. The monoisotopic (exact) mass is 486 g/mol. The number of aromatic nitrogens is 2. The van der Waals surface area contributed by atoms with E-state index in [4.69, 9.17) is 0 Å². The van der Waals surface area contributed by atoms with Crippen molar-refractivity contribution in [2.24, 2.45) is 4.99 Å². The molecule has 0 atom stereocenters. The lowest BCUT2D eigenvalue weighted by atomic mass is 10.1. The number of aliphatic imine (C=N–C) groups is 1. The number of imidazole rings is 1. The molecule has 2 N–H and O–H groups in total. The molecule has 2 heterocycles. The summed E-state index contributed by atoms with van der Waals surface area (Å²) >= 11 is 0. The first kappa shape index (κ1) is 23.2. The van der Waals surface area contributed by atoms with Gasteiger partial charge in [-0.2, -0.15) is 0 Å². The van der Waals surface area contributed by atoms with Crippen molar-refractivity contribution >= 4 is 41.5 Å². The van der Waals surface area contributed by atoms with Gasteiger partial charge in [0.1, 0.15) is 5.65 Å². The molecule has 0 aliphatic carbocycles. The van der Waals surface area contributed by atoms with Crippen LogP contribution in [0.1, 0.15) is 39.1 Å². The Morgan fingerprint density at radius 1 is 1.33 bits per heavy atom. The van der Waals surface area contributed by atoms with Gasteiger partial charge in [0, 0.05) is 31.0 Å². The highest BCUT2D eigenvalue weighted by Gasteiger charge is 2.16. The van der Waals surface area contributed by atoms with Gasteiger partial charge in [-0.05, 0) is 46.8 Å². The first-order valence-corrected chi connectivity index (χ1v) is 8.93. The highest BCUT2D eigenvalue weighted by Crippen LogP contribution is 2.09. The Kier molecular flexibility index (Phi) is 8.52. The Balaban J connectivity index is 0.00000364. The second-order valence-corrected chi connectivity index (χ2v) is 7.45. The van der Waals surface area contributed by atoms with Gasteiger partial charge in [-0.1, -0.05) is 6.07 Å². The van der Waals surface area contributed by atoms with Crippen molar-refractivity contribution in [1.29, 1.82) is 0 Å². The predicted molar refractivity (Wildman–Crippen MR) is 121 cm³/mol. The van der Waals surface area contributed by atoms with E-state index < -0.39 is 0 Å². The van der Waals surface area contributed by atoms with E-state index in [1.165, 1.54) is 0 Å². The third kappa shape index (κ3) is 7.00. The minimum atomic E-state index is -0.248. The summed E-state index contributed by atoms with van der Waals surface area (Å²) in [5.41, 5.74) is 2.69. The van der Waals surface area contributed by atoms with E-state index >= 15 is 0 Å². The summed E-state index contributed by atoms with van der Waals surface area (Å²) in [7, 11) is 1.86. The molecule has 0 fully saturated rings. The van der Waals surface area contributed by atoms with Crippen LogP contribution in [0.3, 0.4) is 0 Å². The highest BCUT2D eigenvalue weighted by molar-refractivity contribution is 14.0. The van der Waals surface area contributed by atoms with Gasteiger partial charge in [0.2, 0.25) is 5.91 Å². The number of fused-ring (bicyclic) bond motifs is 1. The minimum absolute atomic E-state index is 0. The summed E-state index contributed by atoms with van der Waals surface area (Å²) < 4.78 is 2.05. The van der Waals surface area contributed by atoms with Crippen molar-refractivity contribution in [3.63, 3.8) is 0 Å². The molecule has 0 saturated heterocycles. The quantitative estimate of drug-likeness (QED) is 0.387. The van der Waals surface area contributed by atoms with Gasteiger partial charge < -0.3 is 19.9 Å². The van der Waals surface area contributed by atoms with Gasteiger partial charge in [-0.25, -0.2) is 9.98 Å². The largest absolute Gasteiger partial charge is 0.357 e. The first-order valence-electron chi connectivity index (χ1n) is 8.93. The number of nitrogens with one attached hydrogen (secondary N) is 2. The molecule has 1 amide bonds. The van der Waals surface area contributed by atoms with Gasteiger partial charge in [0.05, 0.1) is 18.8 Å². The van der Waals surface area contributed by atoms with E-state index in [9.17, 15) is 4.79 Å². The van der Waals surface area contributed by atoms with Gasteiger partial charge >= 0.3 is 0 Å². The predicted octanol–water partition coefficient (Wildman–Crippen LogP) is 2.57. The van der Waals surface area contributed by atoms with Gasteiger partial charge in [0.15, 0.2) is 5.96 Å². The average Bonchev–Trinajstić information content (AvgIpc) is 2.93. The fourth-order valence-corrected chi connectivity index (χ4v) is 2.65. The number of hydrogen-bond acceptors (Lipinski definition) is 3. The van der Waals surface area contributed by atoms with Crippen LogP contribution in [0.5, 0.6) is 0 Å². The Labute approximate surface area is 178 Å². The van der Waals surface area contributed by atoms with Crippen LogP contribution in [-0.2, 0) is 11.3 Å². The molecule has 7 nitrogen and oxygen atoms in total. The smallest absolute Gasteiger partial charge is 0.240 e. The third-order valence-corrected chi connectivity index (χ3v) is 3.73. The van der Waals surface area contributed by atoms with Gasteiger partial charge in [-0.15, -0.1) is 24.0 Å². The maximum absolute atomic E-state index is 12.2. The fraction of sp³-hybridized carbons (Fsp3) is 0.526. The number of hydrogen-bond donors (Lipinski definition) is 2. The van der Waals surface area contributed by atoms with E-state index in [1.54, 1.807) is 0 Å². The lowest BCUT2D eigenvalue weighted by Crippen LogP contribution is -2.48. The standard InChI is InChI=1S/C19H30N6O.HI/c1-7-20-18(24(6)13-17(26)23-19(3,4)5)21-11-15-12-25-14(2)9-8-10-16(25)22-15;/h8-10,12H,7,11,13H2,1-6H3,(H,20,21)(H,23,26);1H. The number of likely N-dealkylation sites (N-methyl/N-ethyl adjacent to an activating group) is 1. The minimum Gasteiger partial charge on any atom is -0.357 e. The summed E-state index contributed by atoms with van der Waals surface area (Å²) in [6.45, 7) is 11.4. The molecule has 8 heteroatoms. The van der Waals surface area contributed by atoms with Crippen LogP contribution in [0.2, 0.25) is 0 Å². The van der Waals surface area contributed by atoms with Crippen LogP contribution >= 0.6 is 24.0 Å². The van der Waals surface area contributed by atoms with Crippen LogP contribution in [0, 0.1) is 6.92 Å². The number of amides is 1. The third-order valence-electron chi connectivity index (χ3n) is 3.73. The number of aryl methyl sites for hydroxylation is 1. The van der Waals surface area contributed by atoms with Crippen molar-refractivity contribution in [2.75, 3.05) is 20.1 Å². The molecule has 27 heavy (non-hydrogen) atoms. The topological polar surface area (TPSA) is 74.0 Å². The second-order valence-electron chi connectivity index (χ2n) is 7.45. The molecule has 2 aromatic heterocycles. The molecular formula is C19H31IN6O. The van der Waals surface area contributed by atoms with E-state index in [-0.39, 0.29) is 42.0 Å². The molecule has 0 aromatic carbocycles. The summed E-state index contributed by atoms with van der Waals surface area (Å²) in [6.07, 6.45) is 2.00. The zero-order valence-corrected chi connectivity index (χ0v) is 19.4. The van der Waals surface area contributed by atoms with E-state index in [0.717, 1.165) is 23.6 Å². The highest BCUT2D eigenvalue weighted by atomic mass is 127. The number of halogens is 1. The molecule has 150 valence electrons. The zero-order chi connectivity index (χ0) is 19.3. The number of rotatable bonds is 5. The van der Waals surface area contributed by atoms with E-state index in [0.29, 0.717) is 12.5 Å². The normalized spacial score (nSPS) is 11.9. The first-order chi connectivity index (χ1) is 12.2. The maximum Gasteiger partial charge on any atom is 0.240 e. The van der Waals surface area contributed by atoms with Gasteiger partial charge in [-0.3, -0.25) is 4.79 Å². The summed E-state index contributed by atoms with van der Waals surface area (Å²) in [6, 6.07) is 6.03. The molecule has 2 aromatic rings. The van der Waals surface area contributed by atoms with Crippen LogP contribution in [0.4, 0.5) is 0 Å². The molecular weight excluding hydrogens is 455 g/mol. The molecule has 0 bridgehead atoms. The van der Waals surface area contributed by atoms with Crippen LogP contribution in [0.25, 0.3) is 5.65 Å². The Hall–Kier alpha value is -1.84. The maximum atomic E-state index is 12.2. The number of nitrogens with zero attached hydrogens (tertiary/aromatic N) is 4. The summed E-state index contributed by atoms with van der Waals surface area (Å²) in [4.78, 5) is 23.2. The average molecular weight is 486 g/mol. The summed E-state index contributed by atoms with van der Waals surface area (Å²) in [5.74, 6) is 0.652. The van der Waals surface area contributed by atoms with E-state index in [1.807, 2.05) is 71.0 Å². The lowest BCUT2D eigenvalue weighted by molar-refractivity contribution is -0.122. The molecule has 0 radical (unpaired) electrons.